The molecular weight excluding hydrogens is 380 g/mol. The Morgan fingerprint density at radius 3 is 2.21 bits per heavy atom. The first-order valence-electron chi connectivity index (χ1n) is 8.98. The van der Waals surface area contributed by atoms with E-state index in [0.29, 0.717) is 17.9 Å². The van der Waals surface area contributed by atoms with Gasteiger partial charge in [0.2, 0.25) is 10.0 Å². The topological polar surface area (TPSA) is 92.8 Å². The van der Waals surface area contributed by atoms with Gasteiger partial charge in [0.05, 0.1) is 30.5 Å². The predicted molar refractivity (Wildman–Crippen MR) is 101 cm³/mol. The van der Waals surface area contributed by atoms with Crippen molar-refractivity contribution in [1.82, 2.24) is 9.62 Å². The minimum Gasteiger partial charge on any atom is -0.468 e. The maximum Gasteiger partial charge on any atom is 0.254 e. The molecule has 8 heteroatoms. The molecule has 2 aromatic heterocycles. The van der Waals surface area contributed by atoms with Crippen molar-refractivity contribution in [3.8, 4) is 0 Å². The highest BCUT2D eigenvalue weighted by molar-refractivity contribution is 7.89. The van der Waals surface area contributed by atoms with E-state index in [1.807, 2.05) is 6.07 Å². The molecule has 1 N–H and O–H groups in total. The zero-order chi connectivity index (χ0) is 19.6. The van der Waals surface area contributed by atoms with Gasteiger partial charge in [0.15, 0.2) is 0 Å². The van der Waals surface area contributed by atoms with E-state index in [2.05, 4.69) is 4.72 Å². The molecule has 0 radical (unpaired) electrons. The molecule has 0 bridgehead atoms. The molecule has 146 valence electrons. The molecule has 2 heterocycles. The van der Waals surface area contributed by atoms with Crippen LogP contribution in [0.15, 0.2) is 74.8 Å². The summed E-state index contributed by atoms with van der Waals surface area (Å²) < 4.78 is 37.8. The van der Waals surface area contributed by atoms with Gasteiger partial charge in [-0.25, -0.2) is 13.1 Å². The minimum absolute atomic E-state index is 0.0641. The van der Waals surface area contributed by atoms with Gasteiger partial charge in [-0.3, -0.25) is 4.79 Å². The SMILES string of the molecule is O=C(c1ccc(S(=O)(=O)NCc2ccco2)cc1)N(Cc1ccco1)C1CC1. The molecule has 28 heavy (non-hydrogen) atoms. The third-order valence-corrected chi connectivity index (χ3v) is 6.00. The maximum atomic E-state index is 12.9. The second-order valence-electron chi connectivity index (χ2n) is 6.67. The van der Waals surface area contributed by atoms with Crippen molar-refractivity contribution in [2.24, 2.45) is 0 Å². The summed E-state index contributed by atoms with van der Waals surface area (Å²) in [5.74, 6) is 1.11. The maximum absolute atomic E-state index is 12.9. The monoisotopic (exact) mass is 400 g/mol. The first kappa shape index (κ1) is 18.5. The lowest BCUT2D eigenvalue weighted by Crippen LogP contribution is -2.32. The average molecular weight is 400 g/mol. The number of sulfonamides is 1. The van der Waals surface area contributed by atoms with Gasteiger partial charge in [0.1, 0.15) is 11.5 Å². The number of benzene rings is 1. The molecule has 1 aliphatic carbocycles. The Morgan fingerprint density at radius 2 is 1.64 bits per heavy atom. The van der Waals surface area contributed by atoms with Crippen LogP contribution in [0.4, 0.5) is 0 Å². The second-order valence-corrected chi connectivity index (χ2v) is 8.44. The lowest BCUT2D eigenvalue weighted by Gasteiger charge is -2.21. The van der Waals surface area contributed by atoms with Crippen LogP contribution in [0.3, 0.4) is 0 Å². The Morgan fingerprint density at radius 1 is 1.00 bits per heavy atom. The van der Waals surface area contributed by atoms with Crippen LogP contribution in [0.2, 0.25) is 0 Å². The predicted octanol–water partition coefficient (Wildman–Crippen LogP) is 3.16. The fourth-order valence-electron chi connectivity index (χ4n) is 2.93. The van der Waals surface area contributed by atoms with Crippen molar-refractivity contribution in [3.05, 3.63) is 78.1 Å². The molecular formula is C20H20N2O5S. The van der Waals surface area contributed by atoms with Crippen LogP contribution in [0.5, 0.6) is 0 Å². The number of furan rings is 2. The molecule has 1 amide bonds. The molecule has 1 aromatic carbocycles. The average Bonchev–Trinajstić information content (AvgIpc) is 3.18. The lowest BCUT2D eigenvalue weighted by atomic mass is 10.2. The van der Waals surface area contributed by atoms with E-state index in [4.69, 9.17) is 8.83 Å². The molecule has 1 saturated carbocycles. The summed E-state index contributed by atoms with van der Waals surface area (Å²) >= 11 is 0. The van der Waals surface area contributed by atoms with Crippen LogP contribution < -0.4 is 4.72 Å². The Bertz CT molecular complexity index is 1020. The minimum atomic E-state index is -3.69. The van der Waals surface area contributed by atoms with Gasteiger partial charge >= 0.3 is 0 Å². The van der Waals surface area contributed by atoms with Crippen molar-refractivity contribution in [2.45, 2.75) is 36.9 Å². The smallest absolute Gasteiger partial charge is 0.254 e. The van der Waals surface area contributed by atoms with Crippen LogP contribution in [-0.4, -0.2) is 25.3 Å². The van der Waals surface area contributed by atoms with Gasteiger partial charge in [0.25, 0.3) is 5.91 Å². The molecule has 0 aliphatic heterocycles. The number of hydrogen-bond acceptors (Lipinski definition) is 5. The third-order valence-electron chi connectivity index (χ3n) is 4.58. The Kier molecular flexibility index (Phi) is 5.06. The summed E-state index contributed by atoms with van der Waals surface area (Å²) in [5, 5.41) is 0. The first-order chi connectivity index (χ1) is 13.5. The highest BCUT2D eigenvalue weighted by Crippen LogP contribution is 2.30. The highest BCUT2D eigenvalue weighted by Gasteiger charge is 2.33. The van der Waals surface area contributed by atoms with Crippen molar-refractivity contribution in [1.29, 1.82) is 0 Å². The van der Waals surface area contributed by atoms with Gasteiger partial charge in [0, 0.05) is 11.6 Å². The summed E-state index contributed by atoms with van der Waals surface area (Å²) in [6.07, 6.45) is 5.00. The molecule has 1 fully saturated rings. The van der Waals surface area contributed by atoms with Crippen molar-refractivity contribution < 1.29 is 22.0 Å². The van der Waals surface area contributed by atoms with E-state index >= 15 is 0 Å². The third kappa shape index (κ3) is 4.18. The van der Waals surface area contributed by atoms with Gasteiger partial charge in [-0.05, 0) is 61.4 Å². The second kappa shape index (κ2) is 7.65. The van der Waals surface area contributed by atoms with Crippen molar-refractivity contribution >= 4 is 15.9 Å². The number of nitrogens with one attached hydrogen (secondary N) is 1. The number of rotatable bonds is 8. The van der Waals surface area contributed by atoms with E-state index in [9.17, 15) is 13.2 Å². The highest BCUT2D eigenvalue weighted by atomic mass is 32.2. The number of hydrogen-bond donors (Lipinski definition) is 1. The Balaban J connectivity index is 1.46. The first-order valence-corrected chi connectivity index (χ1v) is 10.5. The Labute approximate surface area is 163 Å². The molecule has 1 aliphatic rings. The molecule has 4 rings (SSSR count). The summed E-state index contributed by atoms with van der Waals surface area (Å²) in [7, 11) is -3.69. The van der Waals surface area contributed by atoms with E-state index in [1.54, 1.807) is 41.5 Å². The van der Waals surface area contributed by atoms with Gasteiger partial charge in [-0.2, -0.15) is 0 Å². The number of carbonyl (C=O) groups is 1. The van der Waals surface area contributed by atoms with E-state index in [0.717, 1.165) is 18.6 Å². The van der Waals surface area contributed by atoms with E-state index in [1.165, 1.54) is 18.4 Å². The fraction of sp³-hybridized carbons (Fsp3) is 0.250. The number of carbonyl (C=O) groups excluding carboxylic acids is 1. The molecule has 0 spiro atoms. The fourth-order valence-corrected chi connectivity index (χ4v) is 3.92. The molecule has 3 aromatic rings. The zero-order valence-corrected chi connectivity index (χ0v) is 15.9. The number of nitrogens with zero attached hydrogens (tertiary/aromatic N) is 1. The zero-order valence-electron chi connectivity index (χ0n) is 15.1. The molecule has 0 unspecified atom stereocenters. The summed E-state index contributed by atoms with van der Waals surface area (Å²) in [5.41, 5.74) is 0.448. The molecule has 0 atom stereocenters. The summed E-state index contributed by atoms with van der Waals surface area (Å²) in [6, 6.07) is 13.2. The standard InChI is InChI=1S/C20H20N2O5S/c23-20(22(16-7-8-16)14-18-4-2-12-27-18)15-5-9-19(10-6-15)28(24,25)21-13-17-3-1-11-26-17/h1-6,9-12,16,21H,7-8,13-14H2. The van der Waals surface area contributed by atoms with Crippen molar-refractivity contribution in [2.75, 3.05) is 0 Å². The van der Waals surface area contributed by atoms with Gasteiger partial charge in [-0.1, -0.05) is 0 Å². The van der Waals surface area contributed by atoms with Gasteiger partial charge < -0.3 is 13.7 Å². The lowest BCUT2D eigenvalue weighted by molar-refractivity contribution is 0.0717. The molecule has 7 nitrogen and oxygen atoms in total. The summed E-state index contributed by atoms with van der Waals surface area (Å²) in [4.78, 5) is 14.8. The van der Waals surface area contributed by atoms with E-state index < -0.39 is 10.0 Å². The van der Waals surface area contributed by atoms with Crippen LogP contribution >= 0.6 is 0 Å². The molecule has 0 saturated heterocycles. The van der Waals surface area contributed by atoms with E-state index in [-0.39, 0.29) is 23.4 Å². The summed E-state index contributed by atoms with van der Waals surface area (Å²) in [6.45, 7) is 0.468. The van der Waals surface area contributed by atoms with Crippen LogP contribution in [0.1, 0.15) is 34.7 Å². The normalized spacial score (nSPS) is 14.1. The Hall–Kier alpha value is -2.84. The van der Waals surface area contributed by atoms with Gasteiger partial charge in [-0.15, -0.1) is 0 Å². The van der Waals surface area contributed by atoms with Crippen molar-refractivity contribution in [3.63, 3.8) is 0 Å². The van der Waals surface area contributed by atoms with Crippen LogP contribution in [0, 0.1) is 0 Å². The quantitative estimate of drug-likeness (QED) is 0.627. The largest absolute Gasteiger partial charge is 0.468 e. The van der Waals surface area contributed by atoms with Crippen LogP contribution in [0.25, 0.3) is 0 Å². The van der Waals surface area contributed by atoms with Crippen LogP contribution in [-0.2, 0) is 23.1 Å². The number of amides is 1.